The summed E-state index contributed by atoms with van der Waals surface area (Å²) < 4.78 is 18.1. The van der Waals surface area contributed by atoms with Gasteiger partial charge in [0, 0.05) is 12.1 Å². The minimum Gasteiger partial charge on any atom is -0.469 e. The fourth-order valence-corrected chi connectivity index (χ4v) is 1.39. The lowest BCUT2D eigenvalue weighted by atomic mass is 10.1. The minimum absolute atomic E-state index is 0.0603. The molecule has 0 radical (unpaired) electrons. The molecule has 0 aliphatic heterocycles. The molecule has 0 fully saturated rings. The highest BCUT2D eigenvalue weighted by Gasteiger charge is 2.09. The molecule has 106 valence electrons. The molecule has 6 heteroatoms. The van der Waals surface area contributed by atoms with E-state index in [0.29, 0.717) is 0 Å². The van der Waals surface area contributed by atoms with E-state index in [2.05, 4.69) is 21.9 Å². The molecule has 0 bridgehead atoms. The summed E-state index contributed by atoms with van der Waals surface area (Å²) in [7, 11) is 1.26. The molecule has 0 spiro atoms. The Morgan fingerprint density at radius 3 is 2.80 bits per heavy atom. The lowest BCUT2D eigenvalue weighted by Crippen LogP contribution is -2.26. The summed E-state index contributed by atoms with van der Waals surface area (Å²) in [6.07, 6.45) is 0.0603. The van der Waals surface area contributed by atoms with Gasteiger partial charge in [-0.05, 0) is 18.2 Å². The van der Waals surface area contributed by atoms with Gasteiger partial charge in [0.1, 0.15) is 5.82 Å². The van der Waals surface area contributed by atoms with Crippen molar-refractivity contribution >= 4 is 11.9 Å². The molecule has 3 N–H and O–H groups in total. The van der Waals surface area contributed by atoms with Crippen molar-refractivity contribution in [3.05, 3.63) is 35.1 Å². The number of hydrogen-bond acceptors (Lipinski definition) is 4. The molecule has 0 aliphatic rings. The average molecular weight is 278 g/mol. The van der Waals surface area contributed by atoms with Crippen LogP contribution in [0.15, 0.2) is 18.2 Å². The van der Waals surface area contributed by atoms with E-state index >= 15 is 0 Å². The third-order valence-electron chi connectivity index (χ3n) is 2.40. The van der Waals surface area contributed by atoms with Crippen LogP contribution in [0.4, 0.5) is 4.39 Å². The van der Waals surface area contributed by atoms with Gasteiger partial charge in [-0.1, -0.05) is 11.8 Å². The molecule has 0 heterocycles. The Morgan fingerprint density at radius 1 is 1.45 bits per heavy atom. The smallest absolute Gasteiger partial charge is 0.307 e. The number of halogens is 1. The highest BCUT2D eigenvalue weighted by atomic mass is 19.1. The van der Waals surface area contributed by atoms with Crippen molar-refractivity contribution < 1.29 is 18.7 Å². The van der Waals surface area contributed by atoms with Crippen molar-refractivity contribution in [2.45, 2.75) is 6.42 Å². The number of carbonyl (C=O) groups excluding carboxylic acids is 2. The first kappa shape index (κ1) is 15.7. The van der Waals surface area contributed by atoms with Crippen LogP contribution in [0, 0.1) is 17.7 Å². The van der Waals surface area contributed by atoms with Gasteiger partial charge in [0.05, 0.1) is 25.6 Å². The van der Waals surface area contributed by atoms with Gasteiger partial charge in [0.2, 0.25) is 0 Å². The first-order valence-corrected chi connectivity index (χ1v) is 5.92. The molecule has 1 aromatic carbocycles. The standard InChI is InChI=1S/C14H15FN2O3/c1-20-13(18)6-8-17-14(19)11-5-4-10(3-2-7-16)12(15)9-11/h4-5,9H,6-8,16H2,1H3,(H,17,19). The Kier molecular flexibility index (Phi) is 6.20. The van der Waals surface area contributed by atoms with Crippen LogP contribution < -0.4 is 11.1 Å². The maximum atomic E-state index is 13.6. The van der Waals surface area contributed by atoms with Gasteiger partial charge in [-0.15, -0.1) is 0 Å². The second-order valence-corrected chi connectivity index (χ2v) is 3.78. The number of nitrogens with one attached hydrogen (secondary N) is 1. The zero-order chi connectivity index (χ0) is 15.0. The summed E-state index contributed by atoms with van der Waals surface area (Å²) in [5, 5.41) is 2.49. The minimum atomic E-state index is -0.591. The van der Waals surface area contributed by atoms with Gasteiger partial charge < -0.3 is 15.8 Å². The third-order valence-corrected chi connectivity index (χ3v) is 2.40. The predicted molar refractivity (Wildman–Crippen MR) is 71.3 cm³/mol. The Morgan fingerprint density at radius 2 is 2.20 bits per heavy atom. The molecule has 1 rings (SSSR count). The number of esters is 1. The van der Waals surface area contributed by atoms with Crippen LogP contribution in [-0.2, 0) is 9.53 Å². The van der Waals surface area contributed by atoms with Crippen molar-refractivity contribution in [2.75, 3.05) is 20.2 Å². The largest absolute Gasteiger partial charge is 0.469 e. The molecule has 0 saturated carbocycles. The summed E-state index contributed by atoms with van der Waals surface area (Å²) in [4.78, 5) is 22.6. The number of hydrogen-bond donors (Lipinski definition) is 2. The summed E-state index contributed by atoms with van der Waals surface area (Å²) >= 11 is 0. The number of carbonyl (C=O) groups is 2. The van der Waals surface area contributed by atoms with Crippen LogP contribution in [0.2, 0.25) is 0 Å². The van der Waals surface area contributed by atoms with Crippen molar-refractivity contribution in [2.24, 2.45) is 5.73 Å². The number of benzene rings is 1. The average Bonchev–Trinajstić information content (AvgIpc) is 2.45. The van der Waals surface area contributed by atoms with E-state index < -0.39 is 17.7 Å². The van der Waals surface area contributed by atoms with Gasteiger partial charge in [-0.3, -0.25) is 9.59 Å². The monoisotopic (exact) mass is 278 g/mol. The molecule has 0 unspecified atom stereocenters. The van der Waals surface area contributed by atoms with Crippen LogP contribution in [-0.4, -0.2) is 32.1 Å². The van der Waals surface area contributed by atoms with Gasteiger partial charge in [0.25, 0.3) is 5.91 Å². The SMILES string of the molecule is COC(=O)CCNC(=O)c1ccc(C#CCN)c(F)c1. The van der Waals surface area contributed by atoms with E-state index in [4.69, 9.17) is 5.73 Å². The second-order valence-electron chi connectivity index (χ2n) is 3.78. The first-order valence-electron chi connectivity index (χ1n) is 5.92. The maximum absolute atomic E-state index is 13.6. The molecule has 20 heavy (non-hydrogen) atoms. The Bertz CT molecular complexity index is 561. The summed E-state index contributed by atoms with van der Waals surface area (Å²) in [5.74, 6) is 3.61. The maximum Gasteiger partial charge on any atom is 0.307 e. The predicted octanol–water partition coefficient (Wildman–Crippen LogP) is 0.429. The van der Waals surface area contributed by atoms with E-state index in [1.807, 2.05) is 0 Å². The highest BCUT2D eigenvalue weighted by Crippen LogP contribution is 2.09. The molecule has 0 saturated heterocycles. The second kappa shape index (κ2) is 7.92. The molecule has 5 nitrogen and oxygen atoms in total. The lowest BCUT2D eigenvalue weighted by molar-refractivity contribution is -0.140. The molecule has 1 amide bonds. The number of methoxy groups -OCH3 is 1. The van der Waals surface area contributed by atoms with Gasteiger partial charge in [-0.2, -0.15) is 0 Å². The van der Waals surface area contributed by atoms with Gasteiger partial charge in [-0.25, -0.2) is 4.39 Å². The van der Waals surface area contributed by atoms with Crippen LogP contribution >= 0.6 is 0 Å². The van der Waals surface area contributed by atoms with E-state index in [1.54, 1.807) is 0 Å². The van der Waals surface area contributed by atoms with Crippen molar-refractivity contribution in [3.8, 4) is 11.8 Å². The van der Waals surface area contributed by atoms with Gasteiger partial charge >= 0.3 is 5.97 Å². The Hall–Kier alpha value is -2.39. The van der Waals surface area contributed by atoms with Crippen LogP contribution in [0.1, 0.15) is 22.3 Å². The third kappa shape index (κ3) is 4.71. The number of amides is 1. The van der Waals surface area contributed by atoms with E-state index in [0.717, 1.165) is 6.07 Å². The lowest BCUT2D eigenvalue weighted by Gasteiger charge is -2.05. The molecule has 0 aliphatic carbocycles. The number of ether oxygens (including phenoxy) is 1. The van der Waals surface area contributed by atoms with Crippen LogP contribution in [0.3, 0.4) is 0 Å². The van der Waals surface area contributed by atoms with Gasteiger partial charge in [0.15, 0.2) is 0 Å². The van der Waals surface area contributed by atoms with E-state index in [9.17, 15) is 14.0 Å². The molecular formula is C14H15FN2O3. The summed E-state index contributed by atoms with van der Waals surface area (Å²) in [6.45, 7) is 0.261. The summed E-state index contributed by atoms with van der Waals surface area (Å²) in [6, 6.07) is 3.96. The quantitative estimate of drug-likeness (QED) is 0.618. The fourth-order valence-electron chi connectivity index (χ4n) is 1.39. The number of rotatable bonds is 4. The topological polar surface area (TPSA) is 81.4 Å². The van der Waals surface area contributed by atoms with Crippen molar-refractivity contribution in [1.82, 2.24) is 5.32 Å². The summed E-state index contributed by atoms with van der Waals surface area (Å²) in [5.41, 5.74) is 5.54. The van der Waals surface area contributed by atoms with Crippen molar-refractivity contribution in [1.29, 1.82) is 0 Å². The molecule has 0 aromatic heterocycles. The van der Waals surface area contributed by atoms with Crippen LogP contribution in [0.25, 0.3) is 0 Å². The number of nitrogens with two attached hydrogens (primary N) is 1. The first-order chi connectivity index (χ1) is 9.58. The van der Waals surface area contributed by atoms with E-state index in [1.165, 1.54) is 19.2 Å². The van der Waals surface area contributed by atoms with Crippen LogP contribution in [0.5, 0.6) is 0 Å². The molecule has 0 atom stereocenters. The van der Waals surface area contributed by atoms with Crippen molar-refractivity contribution in [3.63, 3.8) is 0 Å². The fraction of sp³-hybridized carbons (Fsp3) is 0.286. The molecule has 1 aromatic rings. The Balaban J connectivity index is 2.65. The Labute approximate surface area is 116 Å². The zero-order valence-electron chi connectivity index (χ0n) is 11.0. The highest BCUT2D eigenvalue weighted by molar-refractivity contribution is 5.94. The zero-order valence-corrected chi connectivity index (χ0v) is 11.0. The normalized spacial score (nSPS) is 9.35. The van der Waals surface area contributed by atoms with E-state index in [-0.39, 0.29) is 30.6 Å². The molecular weight excluding hydrogens is 263 g/mol.